The number of furan rings is 1. The summed E-state index contributed by atoms with van der Waals surface area (Å²) in [7, 11) is 0. The average molecular weight is 428 g/mol. The number of ether oxygens (including phenoxy) is 1. The molecule has 168 valence electrons. The number of nitrogens with zero attached hydrogens (tertiary/aromatic N) is 3. The van der Waals surface area contributed by atoms with Crippen LogP contribution in [0.3, 0.4) is 0 Å². The van der Waals surface area contributed by atoms with E-state index in [0.29, 0.717) is 32.0 Å². The molecule has 1 amide bonds. The number of piperazine rings is 1. The van der Waals surface area contributed by atoms with Crippen LogP contribution in [0.4, 0.5) is 0 Å². The molecule has 0 spiro atoms. The maximum atomic E-state index is 12.4. The second-order valence-electron chi connectivity index (χ2n) is 8.48. The van der Waals surface area contributed by atoms with Crippen LogP contribution in [-0.4, -0.2) is 84.2 Å². The average Bonchev–Trinajstić information content (AvgIpc) is 3.34. The minimum absolute atomic E-state index is 0.0453. The lowest BCUT2D eigenvalue weighted by Crippen LogP contribution is -2.48. The Hall–Kier alpha value is -2.35. The molecule has 2 aromatic rings. The number of hydrogen-bond acceptors (Lipinski definition) is 6. The minimum Gasteiger partial charge on any atom is -0.491 e. The van der Waals surface area contributed by atoms with Gasteiger partial charge in [-0.25, -0.2) is 0 Å². The van der Waals surface area contributed by atoms with Crippen molar-refractivity contribution in [2.45, 2.75) is 31.9 Å². The maximum Gasteiger partial charge on any atom is 0.289 e. The fraction of sp³-hybridized carbons (Fsp3) is 0.542. The highest BCUT2D eigenvalue weighted by Gasteiger charge is 2.24. The highest BCUT2D eigenvalue weighted by atomic mass is 16.5. The van der Waals surface area contributed by atoms with E-state index in [-0.39, 0.29) is 5.91 Å². The fourth-order valence-corrected chi connectivity index (χ4v) is 4.36. The molecule has 2 aliphatic heterocycles. The van der Waals surface area contributed by atoms with Gasteiger partial charge >= 0.3 is 0 Å². The first-order chi connectivity index (χ1) is 15.2. The predicted octanol–water partition coefficient (Wildman–Crippen LogP) is 2.46. The van der Waals surface area contributed by atoms with E-state index in [0.717, 1.165) is 44.0 Å². The van der Waals surface area contributed by atoms with Gasteiger partial charge in [0.15, 0.2) is 5.76 Å². The van der Waals surface area contributed by atoms with Gasteiger partial charge in [-0.2, -0.15) is 0 Å². The monoisotopic (exact) mass is 427 g/mol. The number of carbonyl (C=O) groups excluding carboxylic acids is 1. The van der Waals surface area contributed by atoms with Crippen LogP contribution in [0.15, 0.2) is 47.1 Å². The second kappa shape index (κ2) is 10.8. The van der Waals surface area contributed by atoms with Crippen molar-refractivity contribution in [2.75, 3.05) is 52.4 Å². The van der Waals surface area contributed by atoms with E-state index >= 15 is 0 Å². The SMILES string of the molecule is O=C(c1ccco1)N1CCN(Cc2ccccc2OC[C@H](O)CN2CCCCC2)CC1. The summed E-state index contributed by atoms with van der Waals surface area (Å²) in [6.07, 6.45) is 4.78. The van der Waals surface area contributed by atoms with E-state index < -0.39 is 6.10 Å². The van der Waals surface area contributed by atoms with Crippen LogP contribution < -0.4 is 4.74 Å². The Labute approximate surface area is 184 Å². The summed E-state index contributed by atoms with van der Waals surface area (Å²) in [6.45, 7) is 6.85. The molecular weight excluding hydrogens is 394 g/mol. The van der Waals surface area contributed by atoms with Gasteiger partial charge in [-0.15, -0.1) is 0 Å². The van der Waals surface area contributed by atoms with Crippen LogP contribution in [0.1, 0.15) is 35.4 Å². The molecule has 0 aliphatic carbocycles. The van der Waals surface area contributed by atoms with Crippen LogP contribution >= 0.6 is 0 Å². The summed E-state index contributed by atoms with van der Waals surface area (Å²) < 4.78 is 11.2. The molecule has 2 saturated heterocycles. The van der Waals surface area contributed by atoms with E-state index in [9.17, 15) is 9.90 Å². The molecule has 1 aromatic carbocycles. The predicted molar refractivity (Wildman–Crippen MR) is 118 cm³/mol. The van der Waals surface area contributed by atoms with Gasteiger partial charge in [0.25, 0.3) is 5.91 Å². The standard InChI is InChI=1S/C24H33N3O4/c28-21(18-25-10-4-1-5-11-25)19-31-22-8-3-2-7-20(22)17-26-12-14-27(15-13-26)24(29)23-9-6-16-30-23/h2-3,6-9,16,21,28H,1,4-5,10-15,17-19H2/t21-/m1/s1. The van der Waals surface area contributed by atoms with Crippen LogP contribution in [0.25, 0.3) is 0 Å². The molecule has 3 heterocycles. The molecule has 0 saturated carbocycles. The second-order valence-corrected chi connectivity index (χ2v) is 8.48. The van der Waals surface area contributed by atoms with Gasteiger partial charge in [-0.1, -0.05) is 24.6 Å². The van der Waals surface area contributed by atoms with Crippen LogP contribution in [0, 0.1) is 0 Å². The van der Waals surface area contributed by atoms with Gasteiger partial charge in [-0.3, -0.25) is 9.69 Å². The van der Waals surface area contributed by atoms with Crippen molar-refractivity contribution in [1.82, 2.24) is 14.7 Å². The topological polar surface area (TPSA) is 69.4 Å². The third-order valence-electron chi connectivity index (χ3n) is 6.11. The summed E-state index contributed by atoms with van der Waals surface area (Å²) in [4.78, 5) is 18.9. The smallest absolute Gasteiger partial charge is 0.289 e. The summed E-state index contributed by atoms with van der Waals surface area (Å²) in [5.41, 5.74) is 1.11. The number of carbonyl (C=O) groups is 1. The van der Waals surface area contributed by atoms with Crippen LogP contribution in [0.2, 0.25) is 0 Å². The normalized spacial score (nSPS) is 19.3. The van der Waals surface area contributed by atoms with Crippen molar-refractivity contribution < 1.29 is 19.1 Å². The Morgan fingerprint density at radius 1 is 0.968 bits per heavy atom. The maximum absolute atomic E-state index is 12.4. The largest absolute Gasteiger partial charge is 0.491 e. The number of aliphatic hydroxyl groups is 1. The summed E-state index contributed by atoms with van der Waals surface area (Å²) in [5, 5.41) is 10.4. The molecule has 0 bridgehead atoms. The Balaban J connectivity index is 1.25. The molecule has 0 unspecified atom stereocenters. The first-order valence-electron chi connectivity index (χ1n) is 11.4. The molecule has 1 aromatic heterocycles. The van der Waals surface area contributed by atoms with Crippen LogP contribution in [0.5, 0.6) is 5.75 Å². The zero-order chi connectivity index (χ0) is 21.5. The van der Waals surface area contributed by atoms with E-state index in [1.165, 1.54) is 25.5 Å². The summed E-state index contributed by atoms with van der Waals surface area (Å²) in [6, 6.07) is 11.5. The quantitative estimate of drug-likeness (QED) is 0.698. The fourth-order valence-electron chi connectivity index (χ4n) is 4.36. The van der Waals surface area contributed by atoms with Crippen LogP contribution in [-0.2, 0) is 6.54 Å². The number of likely N-dealkylation sites (tertiary alicyclic amines) is 1. The number of piperidine rings is 1. The van der Waals surface area contributed by atoms with Crippen molar-refractivity contribution in [2.24, 2.45) is 0 Å². The molecule has 4 rings (SSSR count). The molecule has 0 radical (unpaired) electrons. The highest BCUT2D eigenvalue weighted by molar-refractivity contribution is 5.91. The third-order valence-corrected chi connectivity index (χ3v) is 6.11. The van der Waals surface area contributed by atoms with E-state index in [2.05, 4.69) is 15.9 Å². The first-order valence-corrected chi connectivity index (χ1v) is 11.4. The summed E-state index contributed by atoms with van der Waals surface area (Å²) in [5.74, 6) is 1.18. The first kappa shape index (κ1) is 21.9. The Bertz CT molecular complexity index is 812. The lowest BCUT2D eigenvalue weighted by molar-refractivity contribution is 0.0579. The lowest BCUT2D eigenvalue weighted by Gasteiger charge is -2.34. The number of rotatable bonds is 8. The van der Waals surface area contributed by atoms with Gasteiger partial charge in [0.05, 0.1) is 6.26 Å². The Morgan fingerprint density at radius 2 is 1.74 bits per heavy atom. The van der Waals surface area contributed by atoms with Crippen molar-refractivity contribution in [3.05, 3.63) is 54.0 Å². The number of benzene rings is 1. The van der Waals surface area contributed by atoms with Crippen molar-refractivity contribution in [1.29, 1.82) is 0 Å². The molecule has 1 atom stereocenters. The number of hydrogen-bond donors (Lipinski definition) is 1. The van der Waals surface area contributed by atoms with Crippen molar-refractivity contribution >= 4 is 5.91 Å². The number of aliphatic hydroxyl groups excluding tert-OH is 1. The molecular formula is C24H33N3O4. The van der Waals surface area contributed by atoms with Gasteiger partial charge < -0.3 is 24.1 Å². The van der Waals surface area contributed by atoms with E-state index in [4.69, 9.17) is 9.15 Å². The molecule has 1 N–H and O–H groups in total. The number of β-amino-alcohol motifs (C(OH)–C–C–N with tert-alkyl or cyclic N) is 1. The molecule has 7 heteroatoms. The van der Waals surface area contributed by atoms with Gasteiger partial charge in [0, 0.05) is 44.8 Å². The molecule has 2 fully saturated rings. The van der Waals surface area contributed by atoms with Gasteiger partial charge in [0.1, 0.15) is 18.5 Å². The lowest BCUT2D eigenvalue weighted by atomic mass is 10.1. The zero-order valence-corrected chi connectivity index (χ0v) is 18.1. The van der Waals surface area contributed by atoms with Gasteiger partial charge in [0.2, 0.25) is 0 Å². The van der Waals surface area contributed by atoms with Crippen molar-refractivity contribution in [3.63, 3.8) is 0 Å². The molecule has 31 heavy (non-hydrogen) atoms. The number of amides is 1. The molecule has 2 aliphatic rings. The molecule has 7 nitrogen and oxygen atoms in total. The number of para-hydroxylation sites is 1. The van der Waals surface area contributed by atoms with E-state index in [1.54, 1.807) is 12.1 Å². The highest BCUT2D eigenvalue weighted by Crippen LogP contribution is 2.21. The van der Waals surface area contributed by atoms with Crippen molar-refractivity contribution in [3.8, 4) is 5.75 Å². The minimum atomic E-state index is -0.484. The van der Waals surface area contributed by atoms with E-state index in [1.807, 2.05) is 23.1 Å². The third kappa shape index (κ3) is 6.09. The van der Waals surface area contributed by atoms with Gasteiger partial charge in [-0.05, 0) is 44.1 Å². The Morgan fingerprint density at radius 3 is 2.48 bits per heavy atom. The Kier molecular flexibility index (Phi) is 7.61. The zero-order valence-electron chi connectivity index (χ0n) is 18.1. The summed E-state index contributed by atoms with van der Waals surface area (Å²) >= 11 is 0.